The number of carbonyl (C=O) groups excluding carboxylic acids is 1. The summed E-state index contributed by atoms with van der Waals surface area (Å²) in [5.74, 6) is 0.694. The number of benzene rings is 2. The first-order chi connectivity index (χ1) is 11.8. The summed E-state index contributed by atoms with van der Waals surface area (Å²) in [7, 11) is 0. The minimum absolute atomic E-state index is 0.0140. The fourth-order valence-corrected chi connectivity index (χ4v) is 2.87. The second-order valence-corrected chi connectivity index (χ2v) is 5.83. The minimum atomic E-state index is -0.173. The van der Waals surface area contributed by atoms with E-state index in [4.69, 9.17) is 4.74 Å². The van der Waals surface area contributed by atoms with Crippen LogP contribution in [0.2, 0.25) is 0 Å². The highest BCUT2D eigenvalue weighted by molar-refractivity contribution is 5.93. The molecule has 0 bridgehead atoms. The zero-order chi connectivity index (χ0) is 16.4. The molecule has 0 saturated heterocycles. The number of fused-ring (bicyclic) bond motifs is 1. The van der Waals surface area contributed by atoms with Crippen LogP contribution in [-0.2, 0) is 11.2 Å². The van der Waals surface area contributed by atoms with Crippen molar-refractivity contribution in [2.45, 2.75) is 6.42 Å². The number of anilines is 1. The molecule has 3 aromatic rings. The Hall–Kier alpha value is -3.08. The lowest BCUT2D eigenvalue weighted by atomic mass is 9.96. The molecule has 1 unspecified atom stereocenters. The summed E-state index contributed by atoms with van der Waals surface area (Å²) >= 11 is 0. The van der Waals surface area contributed by atoms with Crippen LogP contribution < -0.4 is 10.1 Å². The largest absolute Gasteiger partial charge is 0.492 e. The number of ether oxygens (including phenoxy) is 1. The van der Waals surface area contributed by atoms with Crippen LogP contribution in [-0.4, -0.2) is 22.1 Å². The van der Waals surface area contributed by atoms with Gasteiger partial charge in [0.1, 0.15) is 12.4 Å². The van der Waals surface area contributed by atoms with Crippen molar-refractivity contribution in [3.8, 4) is 11.4 Å². The summed E-state index contributed by atoms with van der Waals surface area (Å²) in [6, 6.07) is 15.6. The molecule has 2 aromatic carbocycles. The quantitative estimate of drug-likeness (QED) is 0.807. The summed E-state index contributed by atoms with van der Waals surface area (Å²) in [4.78, 5) is 16.5. The van der Waals surface area contributed by atoms with Crippen LogP contribution in [0.1, 0.15) is 5.56 Å². The number of amides is 1. The third-order valence-electron chi connectivity index (χ3n) is 4.19. The molecule has 0 spiro atoms. The summed E-state index contributed by atoms with van der Waals surface area (Å²) in [5.41, 5.74) is 2.86. The number of hydrogen-bond donors (Lipinski definition) is 1. The monoisotopic (exact) mass is 319 g/mol. The first kappa shape index (κ1) is 14.5. The number of imidazole rings is 1. The number of hydrogen-bond acceptors (Lipinski definition) is 3. The summed E-state index contributed by atoms with van der Waals surface area (Å²) in [5, 5.41) is 2.97. The molecule has 1 amide bonds. The van der Waals surface area contributed by atoms with Crippen LogP contribution in [0.5, 0.6) is 5.75 Å². The fraction of sp³-hybridized carbons (Fsp3) is 0.158. The van der Waals surface area contributed by atoms with Gasteiger partial charge in [0.05, 0.1) is 12.2 Å². The predicted octanol–water partition coefficient (Wildman–Crippen LogP) is 3.06. The molecule has 1 atom stereocenters. The van der Waals surface area contributed by atoms with E-state index in [0.717, 1.165) is 22.7 Å². The highest BCUT2D eigenvalue weighted by Crippen LogP contribution is 2.27. The Morgan fingerprint density at radius 2 is 2.00 bits per heavy atom. The van der Waals surface area contributed by atoms with Gasteiger partial charge in [0.25, 0.3) is 0 Å². The van der Waals surface area contributed by atoms with Crippen molar-refractivity contribution in [2.75, 3.05) is 11.9 Å². The molecule has 120 valence electrons. The van der Waals surface area contributed by atoms with Crippen molar-refractivity contribution in [1.29, 1.82) is 0 Å². The van der Waals surface area contributed by atoms with Crippen molar-refractivity contribution >= 4 is 11.6 Å². The summed E-state index contributed by atoms with van der Waals surface area (Å²) in [6.45, 7) is 0.413. The topological polar surface area (TPSA) is 56.2 Å². The maximum atomic E-state index is 12.5. The minimum Gasteiger partial charge on any atom is -0.492 e. The van der Waals surface area contributed by atoms with Crippen molar-refractivity contribution in [3.05, 3.63) is 72.8 Å². The van der Waals surface area contributed by atoms with Crippen LogP contribution in [0.3, 0.4) is 0 Å². The van der Waals surface area contributed by atoms with Gasteiger partial charge in [-0.25, -0.2) is 4.98 Å². The molecule has 0 saturated carbocycles. The molecule has 0 radical (unpaired) electrons. The Balaban J connectivity index is 1.43. The second kappa shape index (κ2) is 6.20. The van der Waals surface area contributed by atoms with Gasteiger partial charge in [0.2, 0.25) is 5.91 Å². The fourth-order valence-electron chi connectivity index (χ4n) is 2.87. The van der Waals surface area contributed by atoms with E-state index in [0.29, 0.717) is 13.0 Å². The Kier molecular flexibility index (Phi) is 3.75. The molecular formula is C19H17N3O2. The first-order valence-electron chi connectivity index (χ1n) is 7.89. The molecule has 1 aromatic heterocycles. The highest BCUT2D eigenvalue weighted by Gasteiger charge is 2.25. The average molecular weight is 319 g/mol. The molecule has 5 nitrogen and oxygen atoms in total. The SMILES string of the molecule is O=C(Nc1ccc(-n2ccnc2)cc1)C1COc2ccccc2C1. The van der Waals surface area contributed by atoms with Gasteiger partial charge in [-0.2, -0.15) is 0 Å². The van der Waals surface area contributed by atoms with Crippen molar-refractivity contribution < 1.29 is 9.53 Å². The molecular weight excluding hydrogens is 302 g/mol. The Bertz CT molecular complexity index is 841. The van der Waals surface area contributed by atoms with Gasteiger partial charge in [-0.1, -0.05) is 18.2 Å². The predicted molar refractivity (Wildman–Crippen MR) is 91.3 cm³/mol. The number of rotatable bonds is 3. The van der Waals surface area contributed by atoms with E-state index in [2.05, 4.69) is 10.3 Å². The first-order valence-corrected chi connectivity index (χ1v) is 7.89. The molecule has 24 heavy (non-hydrogen) atoms. The Labute approximate surface area is 139 Å². The van der Waals surface area contributed by atoms with Crippen molar-refractivity contribution in [1.82, 2.24) is 9.55 Å². The molecule has 0 fully saturated rings. The number of nitrogens with one attached hydrogen (secondary N) is 1. The molecule has 1 N–H and O–H groups in total. The van der Waals surface area contributed by atoms with Crippen LogP contribution in [0.4, 0.5) is 5.69 Å². The molecule has 4 rings (SSSR count). The molecule has 5 heteroatoms. The normalized spacial score (nSPS) is 16.1. The van der Waals surface area contributed by atoms with Gasteiger partial charge in [-0.3, -0.25) is 4.79 Å². The van der Waals surface area contributed by atoms with Gasteiger partial charge in [-0.05, 0) is 42.3 Å². The summed E-state index contributed by atoms with van der Waals surface area (Å²) in [6.07, 6.45) is 6.06. The maximum absolute atomic E-state index is 12.5. The lowest BCUT2D eigenvalue weighted by Gasteiger charge is -2.24. The van der Waals surface area contributed by atoms with Crippen molar-refractivity contribution in [3.63, 3.8) is 0 Å². The second-order valence-electron chi connectivity index (χ2n) is 5.83. The van der Waals surface area contributed by atoms with Crippen LogP contribution in [0, 0.1) is 5.92 Å². The number of aromatic nitrogens is 2. The Morgan fingerprint density at radius 3 is 2.79 bits per heavy atom. The van der Waals surface area contributed by atoms with E-state index < -0.39 is 0 Å². The molecule has 1 aliphatic heterocycles. The third kappa shape index (κ3) is 2.88. The molecule has 0 aliphatic carbocycles. The van der Waals surface area contributed by atoms with Gasteiger partial charge in [-0.15, -0.1) is 0 Å². The average Bonchev–Trinajstić information content (AvgIpc) is 3.16. The summed E-state index contributed by atoms with van der Waals surface area (Å²) < 4.78 is 7.61. The van der Waals surface area contributed by atoms with E-state index >= 15 is 0 Å². The number of nitrogens with zero attached hydrogens (tertiary/aromatic N) is 2. The zero-order valence-electron chi connectivity index (χ0n) is 13.1. The van der Waals surface area contributed by atoms with Gasteiger partial charge in [0, 0.05) is 23.8 Å². The lowest BCUT2D eigenvalue weighted by molar-refractivity contribution is -0.121. The Morgan fingerprint density at radius 1 is 1.17 bits per heavy atom. The third-order valence-corrected chi connectivity index (χ3v) is 4.19. The number of carbonyl (C=O) groups is 1. The van der Waals surface area contributed by atoms with Crippen LogP contribution in [0.15, 0.2) is 67.3 Å². The van der Waals surface area contributed by atoms with Crippen molar-refractivity contribution in [2.24, 2.45) is 5.92 Å². The number of para-hydroxylation sites is 1. The standard InChI is InChI=1S/C19H17N3O2/c23-19(15-11-14-3-1-2-4-18(14)24-12-15)21-16-5-7-17(8-6-16)22-10-9-20-13-22/h1-10,13,15H,11-12H2,(H,21,23). The molecule has 1 aliphatic rings. The van der Waals surface area contributed by atoms with E-state index in [1.165, 1.54) is 0 Å². The lowest BCUT2D eigenvalue weighted by Crippen LogP contribution is -2.32. The van der Waals surface area contributed by atoms with Crippen LogP contribution >= 0.6 is 0 Å². The van der Waals surface area contributed by atoms with E-state index in [-0.39, 0.29) is 11.8 Å². The maximum Gasteiger partial charge on any atom is 0.231 e. The smallest absolute Gasteiger partial charge is 0.231 e. The van der Waals surface area contributed by atoms with E-state index in [9.17, 15) is 4.79 Å². The van der Waals surface area contributed by atoms with Crippen LogP contribution in [0.25, 0.3) is 5.69 Å². The van der Waals surface area contributed by atoms with Gasteiger partial charge in [0.15, 0.2) is 0 Å². The van der Waals surface area contributed by atoms with E-state index in [1.54, 1.807) is 12.5 Å². The molecule has 2 heterocycles. The highest BCUT2D eigenvalue weighted by atomic mass is 16.5. The zero-order valence-corrected chi connectivity index (χ0v) is 13.1. The van der Waals surface area contributed by atoms with Gasteiger partial charge < -0.3 is 14.6 Å². The van der Waals surface area contributed by atoms with Gasteiger partial charge >= 0.3 is 0 Å². The van der Waals surface area contributed by atoms with E-state index in [1.807, 2.05) is 59.3 Å².